The van der Waals surface area contributed by atoms with E-state index in [1.807, 2.05) is 42.2 Å². The molecule has 14 nitrogen and oxygen atoms in total. The topological polar surface area (TPSA) is 153 Å². The van der Waals surface area contributed by atoms with Gasteiger partial charge in [0.15, 0.2) is 5.82 Å². The molecule has 0 radical (unpaired) electrons. The predicted molar refractivity (Wildman–Crippen MR) is 197 cm³/mol. The summed E-state index contributed by atoms with van der Waals surface area (Å²) in [6.45, 7) is 8.15. The molecular weight excluding hydrogens is 687 g/mol. The van der Waals surface area contributed by atoms with Gasteiger partial charge in [-0.05, 0) is 38.3 Å². The number of nitrogens with one attached hydrogen (secondary N) is 1. The summed E-state index contributed by atoms with van der Waals surface area (Å²) in [7, 11) is -2.24. The van der Waals surface area contributed by atoms with Crippen LogP contribution in [0.1, 0.15) is 62.1 Å². The van der Waals surface area contributed by atoms with Gasteiger partial charge in [-0.2, -0.15) is 0 Å². The minimum absolute atomic E-state index is 0.0240. The van der Waals surface area contributed by atoms with E-state index >= 15 is 0 Å². The predicted octanol–water partition coefficient (Wildman–Crippen LogP) is 4.81. The van der Waals surface area contributed by atoms with E-state index in [-0.39, 0.29) is 62.1 Å². The van der Waals surface area contributed by atoms with Gasteiger partial charge in [0.05, 0.1) is 31.2 Å². The summed E-state index contributed by atoms with van der Waals surface area (Å²) >= 11 is 0. The summed E-state index contributed by atoms with van der Waals surface area (Å²) in [5.74, 6) is -0.163. The molecule has 1 aromatic heterocycles. The first-order valence-electron chi connectivity index (χ1n) is 17.9. The van der Waals surface area contributed by atoms with Gasteiger partial charge in [-0.3, -0.25) is 14.2 Å². The second-order valence-corrected chi connectivity index (χ2v) is 14.5. The van der Waals surface area contributed by atoms with Crippen LogP contribution in [0.3, 0.4) is 0 Å². The molecule has 5 rings (SSSR count). The Labute approximate surface area is 305 Å². The van der Waals surface area contributed by atoms with Crippen LogP contribution in [0.2, 0.25) is 0 Å². The number of benzene rings is 2. The van der Waals surface area contributed by atoms with Gasteiger partial charge in [-0.15, -0.1) is 0 Å². The number of anilines is 1. The number of nitrogens with zero attached hydrogens (tertiary/aromatic N) is 5. The molecule has 2 aromatic carbocycles. The zero-order valence-corrected chi connectivity index (χ0v) is 31.3. The van der Waals surface area contributed by atoms with E-state index in [1.165, 1.54) is 0 Å². The number of ether oxygens (including phenoxy) is 2. The quantitative estimate of drug-likeness (QED) is 0.169. The number of carbonyl (C=O) groups is 3. The Bertz CT molecular complexity index is 1710. The summed E-state index contributed by atoms with van der Waals surface area (Å²) in [5.41, 5.74) is 1.05. The van der Waals surface area contributed by atoms with Crippen LogP contribution in [0.15, 0.2) is 60.7 Å². The first-order valence-corrected chi connectivity index (χ1v) is 19.5. The molecular formula is C37H49N6O8P. The molecule has 0 bridgehead atoms. The third kappa shape index (κ3) is 9.35. The lowest BCUT2D eigenvalue weighted by molar-refractivity contribution is -0.135. The minimum atomic E-state index is -3.91. The van der Waals surface area contributed by atoms with Gasteiger partial charge in [-0.25, -0.2) is 14.8 Å². The van der Waals surface area contributed by atoms with Crippen molar-refractivity contribution < 1.29 is 37.5 Å². The maximum Gasteiger partial charge on any atom is 0.409 e. The van der Waals surface area contributed by atoms with Gasteiger partial charge >= 0.3 is 13.7 Å². The largest absolute Gasteiger partial charge is 0.449 e. The van der Waals surface area contributed by atoms with Crippen LogP contribution in [0, 0.1) is 0 Å². The summed E-state index contributed by atoms with van der Waals surface area (Å²) in [6.07, 6.45) is 2.08. The molecule has 52 heavy (non-hydrogen) atoms. The van der Waals surface area contributed by atoms with Crippen molar-refractivity contribution in [2.45, 2.75) is 52.2 Å². The lowest BCUT2D eigenvalue weighted by Gasteiger charge is -2.36. The van der Waals surface area contributed by atoms with Gasteiger partial charge in [0.2, 0.25) is 5.91 Å². The molecule has 2 aliphatic rings. The molecule has 15 heteroatoms. The first kappa shape index (κ1) is 38.9. The van der Waals surface area contributed by atoms with Gasteiger partial charge < -0.3 is 38.5 Å². The van der Waals surface area contributed by atoms with Crippen LogP contribution in [-0.4, -0.2) is 110 Å². The smallest absolute Gasteiger partial charge is 0.409 e. The monoisotopic (exact) mass is 736 g/mol. The van der Waals surface area contributed by atoms with Crippen LogP contribution in [-0.2, 0) is 27.9 Å². The van der Waals surface area contributed by atoms with Crippen LogP contribution in [0.25, 0.3) is 11.4 Å². The lowest BCUT2D eigenvalue weighted by Crippen LogP contribution is -2.54. The standard InChI is InChI=1S/C37H49N6O8P/c1-5-8-24-49-37(46)42-22-20-41(21-23-42)36(45)33(29-16-12-13-17-31(29)52(47,50-6-2)51-7-3)40-35(44)30-25-32(43-19-18-28(26-43)48-4)39-34(38-30)27-14-10-9-11-15-27/h9-17,25,28,33H,5-8,18-24,26H2,1-4H3,(H,40,44). The molecule has 3 heterocycles. The fourth-order valence-corrected chi connectivity index (χ4v) is 8.04. The Kier molecular flexibility index (Phi) is 13.8. The molecule has 2 saturated heterocycles. The third-order valence-electron chi connectivity index (χ3n) is 9.02. The second-order valence-electron chi connectivity index (χ2n) is 12.5. The number of carbonyl (C=O) groups excluding carboxylic acids is 3. The third-order valence-corrected chi connectivity index (χ3v) is 11.2. The Hall–Kier alpha value is -4.36. The summed E-state index contributed by atoms with van der Waals surface area (Å²) in [5, 5.41) is 3.10. The van der Waals surface area contributed by atoms with Crippen molar-refractivity contribution in [1.82, 2.24) is 25.1 Å². The second kappa shape index (κ2) is 18.4. The minimum Gasteiger partial charge on any atom is -0.449 e. The van der Waals surface area contributed by atoms with E-state index < -0.39 is 31.5 Å². The number of piperazine rings is 1. The number of hydrogen-bond donors (Lipinski definition) is 1. The Morgan fingerprint density at radius 2 is 1.58 bits per heavy atom. The number of aromatic nitrogens is 2. The molecule has 0 saturated carbocycles. The van der Waals surface area contributed by atoms with Crippen molar-refractivity contribution in [3.05, 3.63) is 71.9 Å². The van der Waals surface area contributed by atoms with Gasteiger partial charge in [0.25, 0.3) is 5.91 Å². The van der Waals surface area contributed by atoms with Gasteiger partial charge in [0.1, 0.15) is 17.6 Å². The van der Waals surface area contributed by atoms with Gasteiger partial charge in [0, 0.05) is 58.0 Å². The van der Waals surface area contributed by atoms with Crippen molar-refractivity contribution >= 4 is 36.6 Å². The van der Waals surface area contributed by atoms with Crippen LogP contribution < -0.4 is 15.5 Å². The summed E-state index contributed by atoms with van der Waals surface area (Å²) in [6, 6.07) is 16.3. The molecule has 0 spiro atoms. The van der Waals surface area contributed by atoms with Crippen molar-refractivity contribution in [2.24, 2.45) is 0 Å². The van der Waals surface area contributed by atoms with E-state index in [2.05, 4.69) is 10.3 Å². The average Bonchev–Trinajstić information content (AvgIpc) is 3.67. The summed E-state index contributed by atoms with van der Waals surface area (Å²) in [4.78, 5) is 56.2. The number of amides is 3. The van der Waals surface area contributed by atoms with E-state index in [4.69, 9.17) is 23.5 Å². The first-order chi connectivity index (χ1) is 25.2. The average molecular weight is 737 g/mol. The Balaban J connectivity index is 1.50. The molecule has 0 aliphatic carbocycles. The van der Waals surface area contributed by atoms with E-state index in [0.717, 1.165) is 24.8 Å². The number of methoxy groups -OCH3 is 1. The van der Waals surface area contributed by atoms with Gasteiger partial charge in [-0.1, -0.05) is 61.9 Å². The highest BCUT2D eigenvalue weighted by Crippen LogP contribution is 2.48. The molecule has 2 aliphatic heterocycles. The fourth-order valence-electron chi connectivity index (χ4n) is 6.22. The fraction of sp³-hybridized carbons (Fsp3) is 0.486. The zero-order valence-electron chi connectivity index (χ0n) is 30.4. The number of unbranched alkanes of at least 4 members (excludes halogenated alkanes) is 1. The van der Waals surface area contributed by atoms with Crippen molar-refractivity contribution in [3.8, 4) is 11.4 Å². The van der Waals surface area contributed by atoms with Crippen molar-refractivity contribution in [3.63, 3.8) is 0 Å². The number of hydrogen-bond acceptors (Lipinski definition) is 11. The van der Waals surface area contributed by atoms with E-state index in [9.17, 15) is 18.9 Å². The normalized spacial score (nSPS) is 16.8. The Morgan fingerprint density at radius 3 is 2.23 bits per heavy atom. The van der Waals surface area contributed by atoms with Crippen molar-refractivity contribution in [2.75, 3.05) is 71.1 Å². The summed E-state index contributed by atoms with van der Waals surface area (Å²) < 4.78 is 36.5. The maximum absolute atomic E-state index is 14.5. The van der Waals surface area contributed by atoms with E-state index in [1.54, 1.807) is 61.1 Å². The Morgan fingerprint density at radius 1 is 0.904 bits per heavy atom. The zero-order chi connectivity index (χ0) is 37.1. The molecule has 3 aromatic rings. The highest BCUT2D eigenvalue weighted by atomic mass is 31.2. The number of rotatable bonds is 15. The van der Waals surface area contributed by atoms with Crippen LogP contribution in [0.5, 0.6) is 0 Å². The maximum atomic E-state index is 14.5. The highest BCUT2D eigenvalue weighted by molar-refractivity contribution is 7.62. The van der Waals surface area contributed by atoms with E-state index in [0.29, 0.717) is 31.3 Å². The SMILES string of the molecule is CCCCOC(=O)N1CCN(C(=O)C(NC(=O)c2cc(N3CCC(OC)C3)nc(-c3ccccc3)n2)c2ccccc2P(=O)(OCC)OCC)CC1. The lowest BCUT2D eigenvalue weighted by atomic mass is 10.0. The molecule has 2 fully saturated rings. The molecule has 3 amide bonds. The molecule has 2 unspecified atom stereocenters. The van der Waals surface area contributed by atoms with Crippen molar-refractivity contribution in [1.29, 1.82) is 0 Å². The van der Waals surface area contributed by atoms with Crippen LogP contribution >= 0.6 is 7.60 Å². The molecule has 2 atom stereocenters. The highest BCUT2D eigenvalue weighted by Gasteiger charge is 2.38. The molecule has 1 N–H and O–H groups in total. The van der Waals surface area contributed by atoms with Crippen LogP contribution in [0.4, 0.5) is 10.6 Å². The molecule has 280 valence electrons.